The Morgan fingerprint density at radius 1 is 1.06 bits per heavy atom. The summed E-state index contributed by atoms with van der Waals surface area (Å²) < 4.78 is 1.03. The summed E-state index contributed by atoms with van der Waals surface area (Å²) in [6.07, 6.45) is 0.772. The van der Waals surface area contributed by atoms with Crippen molar-refractivity contribution in [3.8, 4) is 0 Å². The SMILES string of the molecule is CCc1cc2c(=O)n(C(C)C(=O)N(Cc3ccccc3)c3ccccc3)c(=O)[nH]c2s1. The molecule has 0 radical (unpaired) electrons. The molecule has 0 saturated carbocycles. The first-order chi connectivity index (χ1) is 15.0. The highest BCUT2D eigenvalue weighted by Crippen LogP contribution is 2.23. The lowest BCUT2D eigenvalue weighted by atomic mass is 10.1. The summed E-state index contributed by atoms with van der Waals surface area (Å²) in [6.45, 7) is 3.93. The smallest absolute Gasteiger partial charge is 0.306 e. The minimum Gasteiger partial charge on any atom is -0.306 e. The van der Waals surface area contributed by atoms with Gasteiger partial charge in [-0.2, -0.15) is 0 Å². The number of thiophene rings is 1. The number of benzene rings is 2. The van der Waals surface area contributed by atoms with Crippen LogP contribution in [0.25, 0.3) is 10.2 Å². The van der Waals surface area contributed by atoms with Gasteiger partial charge in [0.05, 0.1) is 11.9 Å². The van der Waals surface area contributed by atoms with Crippen molar-refractivity contribution in [2.45, 2.75) is 32.9 Å². The maximum absolute atomic E-state index is 13.6. The van der Waals surface area contributed by atoms with Crippen molar-refractivity contribution in [3.05, 3.63) is 98.0 Å². The molecule has 6 nitrogen and oxygen atoms in total. The first-order valence-electron chi connectivity index (χ1n) is 10.2. The molecule has 0 saturated heterocycles. The number of hydrogen-bond acceptors (Lipinski definition) is 4. The van der Waals surface area contributed by atoms with E-state index in [0.717, 1.165) is 21.4 Å². The van der Waals surface area contributed by atoms with E-state index in [9.17, 15) is 14.4 Å². The minimum absolute atomic E-state index is 0.326. The number of H-pyrrole nitrogens is 1. The highest BCUT2D eigenvalue weighted by molar-refractivity contribution is 7.18. The molecule has 0 bridgehead atoms. The van der Waals surface area contributed by atoms with Crippen LogP contribution in [0.2, 0.25) is 0 Å². The largest absolute Gasteiger partial charge is 0.330 e. The summed E-state index contributed by atoms with van der Waals surface area (Å²) in [7, 11) is 0. The predicted molar refractivity (Wildman–Crippen MR) is 125 cm³/mol. The molecule has 7 heteroatoms. The van der Waals surface area contributed by atoms with E-state index in [-0.39, 0.29) is 5.91 Å². The Bertz CT molecular complexity index is 1320. The van der Waals surface area contributed by atoms with Gasteiger partial charge in [-0.3, -0.25) is 14.6 Å². The zero-order valence-corrected chi connectivity index (χ0v) is 18.2. The van der Waals surface area contributed by atoms with Crippen molar-refractivity contribution < 1.29 is 4.79 Å². The van der Waals surface area contributed by atoms with Gasteiger partial charge in [-0.25, -0.2) is 9.36 Å². The van der Waals surface area contributed by atoms with E-state index in [1.54, 1.807) is 17.9 Å². The molecule has 1 N–H and O–H groups in total. The van der Waals surface area contributed by atoms with Gasteiger partial charge in [0.15, 0.2) is 0 Å². The fraction of sp³-hybridized carbons (Fsp3) is 0.208. The molecule has 0 spiro atoms. The zero-order chi connectivity index (χ0) is 22.0. The Labute approximate surface area is 183 Å². The van der Waals surface area contributed by atoms with Crippen LogP contribution in [0.5, 0.6) is 0 Å². The molecular weight excluding hydrogens is 410 g/mol. The molecule has 158 valence electrons. The standard InChI is InChI=1S/C24H23N3O3S/c1-3-19-14-20-21(31-19)25-24(30)27(23(20)29)16(2)22(28)26(18-12-8-5-9-13-18)15-17-10-6-4-7-11-17/h4-14,16H,3,15H2,1-2H3,(H,25,30). The van der Waals surface area contributed by atoms with E-state index in [1.807, 2.05) is 67.6 Å². The molecule has 2 aromatic carbocycles. The summed E-state index contributed by atoms with van der Waals surface area (Å²) >= 11 is 1.40. The summed E-state index contributed by atoms with van der Waals surface area (Å²) in [4.78, 5) is 45.4. The number of carbonyl (C=O) groups is 1. The van der Waals surface area contributed by atoms with Crippen LogP contribution in [0, 0.1) is 0 Å². The number of aryl methyl sites for hydroxylation is 1. The molecule has 4 aromatic rings. The molecule has 1 atom stereocenters. The van der Waals surface area contributed by atoms with Crippen LogP contribution in [0.3, 0.4) is 0 Å². The van der Waals surface area contributed by atoms with Crippen LogP contribution in [-0.4, -0.2) is 15.5 Å². The van der Waals surface area contributed by atoms with E-state index in [1.165, 1.54) is 11.3 Å². The average Bonchev–Trinajstić information content (AvgIpc) is 3.21. The molecule has 1 amide bonds. The topological polar surface area (TPSA) is 75.2 Å². The number of anilines is 1. The quantitative estimate of drug-likeness (QED) is 0.497. The van der Waals surface area contributed by atoms with E-state index >= 15 is 0 Å². The lowest BCUT2D eigenvalue weighted by molar-refractivity contribution is -0.121. The lowest BCUT2D eigenvalue weighted by Gasteiger charge is -2.26. The van der Waals surface area contributed by atoms with Crippen LogP contribution in [0.15, 0.2) is 76.3 Å². The second-order valence-corrected chi connectivity index (χ2v) is 8.47. The molecule has 0 aliphatic rings. The van der Waals surface area contributed by atoms with Crippen molar-refractivity contribution in [2.75, 3.05) is 4.90 Å². The van der Waals surface area contributed by atoms with E-state index in [0.29, 0.717) is 22.4 Å². The Balaban J connectivity index is 1.77. The molecule has 31 heavy (non-hydrogen) atoms. The fourth-order valence-electron chi connectivity index (χ4n) is 3.61. The Morgan fingerprint density at radius 2 is 1.71 bits per heavy atom. The third kappa shape index (κ3) is 4.09. The first kappa shape index (κ1) is 20.8. The zero-order valence-electron chi connectivity index (χ0n) is 17.4. The Hall–Kier alpha value is -3.45. The van der Waals surface area contributed by atoms with Crippen LogP contribution >= 0.6 is 11.3 Å². The van der Waals surface area contributed by atoms with Crippen molar-refractivity contribution >= 4 is 33.1 Å². The molecular formula is C24H23N3O3S. The molecule has 2 heterocycles. The fourth-order valence-corrected chi connectivity index (χ4v) is 4.58. The maximum atomic E-state index is 13.6. The van der Waals surface area contributed by atoms with Gasteiger partial charge < -0.3 is 4.90 Å². The van der Waals surface area contributed by atoms with Gasteiger partial charge in [-0.05, 0) is 37.1 Å². The highest BCUT2D eigenvalue weighted by Gasteiger charge is 2.27. The number of nitrogens with zero attached hydrogens (tertiary/aromatic N) is 2. The van der Waals surface area contributed by atoms with Crippen LogP contribution in [0.1, 0.15) is 30.3 Å². The molecule has 0 fully saturated rings. The first-order valence-corrected chi connectivity index (χ1v) is 11.0. The average molecular weight is 434 g/mol. The van der Waals surface area contributed by atoms with Crippen LogP contribution < -0.4 is 16.1 Å². The third-order valence-corrected chi connectivity index (χ3v) is 6.48. The van der Waals surface area contributed by atoms with Crippen LogP contribution in [-0.2, 0) is 17.8 Å². The van der Waals surface area contributed by atoms with Crippen molar-refractivity contribution in [1.29, 1.82) is 0 Å². The second kappa shape index (κ2) is 8.73. The van der Waals surface area contributed by atoms with Gasteiger partial charge in [0.25, 0.3) is 5.56 Å². The van der Waals surface area contributed by atoms with E-state index < -0.39 is 17.3 Å². The highest BCUT2D eigenvalue weighted by atomic mass is 32.1. The Morgan fingerprint density at radius 3 is 2.35 bits per heavy atom. The number of aromatic nitrogens is 2. The van der Waals surface area contributed by atoms with Crippen molar-refractivity contribution in [2.24, 2.45) is 0 Å². The van der Waals surface area contributed by atoms with Crippen LogP contribution in [0.4, 0.5) is 5.69 Å². The molecule has 0 aliphatic carbocycles. The van der Waals surface area contributed by atoms with E-state index in [4.69, 9.17) is 0 Å². The third-order valence-electron chi connectivity index (χ3n) is 5.28. The molecule has 1 unspecified atom stereocenters. The van der Waals surface area contributed by atoms with Gasteiger partial charge in [-0.15, -0.1) is 11.3 Å². The second-order valence-electron chi connectivity index (χ2n) is 7.34. The summed E-state index contributed by atoms with van der Waals surface area (Å²) in [5.74, 6) is -0.326. The number of fused-ring (bicyclic) bond motifs is 1. The number of aromatic amines is 1. The molecule has 0 aliphatic heterocycles. The number of hydrogen-bond donors (Lipinski definition) is 1. The predicted octanol–water partition coefficient (Wildman–Crippen LogP) is 4.11. The summed E-state index contributed by atoms with van der Waals surface area (Å²) in [6, 6.07) is 19.7. The molecule has 2 aromatic heterocycles. The van der Waals surface area contributed by atoms with Gasteiger partial charge in [0.2, 0.25) is 5.91 Å². The van der Waals surface area contributed by atoms with Crippen molar-refractivity contribution in [1.82, 2.24) is 9.55 Å². The number of nitrogens with one attached hydrogen (secondary N) is 1. The lowest BCUT2D eigenvalue weighted by Crippen LogP contribution is -2.44. The summed E-state index contributed by atoms with van der Waals surface area (Å²) in [5, 5.41) is 0.440. The molecule has 4 rings (SSSR count). The number of para-hydroxylation sites is 1. The maximum Gasteiger partial charge on any atom is 0.330 e. The van der Waals surface area contributed by atoms with Gasteiger partial charge in [0, 0.05) is 10.6 Å². The van der Waals surface area contributed by atoms with Gasteiger partial charge >= 0.3 is 5.69 Å². The number of rotatable bonds is 6. The van der Waals surface area contributed by atoms with Crippen molar-refractivity contribution in [3.63, 3.8) is 0 Å². The van der Waals surface area contributed by atoms with Gasteiger partial charge in [0.1, 0.15) is 10.9 Å². The van der Waals surface area contributed by atoms with Gasteiger partial charge in [-0.1, -0.05) is 55.5 Å². The summed E-state index contributed by atoms with van der Waals surface area (Å²) in [5.41, 5.74) is 0.644. The normalized spacial score (nSPS) is 12.1. The minimum atomic E-state index is -0.963. The number of carbonyl (C=O) groups excluding carboxylic acids is 1. The Kier molecular flexibility index (Phi) is 5.86. The van der Waals surface area contributed by atoms with E-state index in [2.05, 4.69) is 4.98 Å². The monoisotopic (exact) mass is 433 g/mol. The number of amides is 1.